The Morgan fingerprint density at radius 2 is 1.80 bits per heavy atom. The van der Waals surface area contributed by atoms with Crippen LogP contribution in [0.3, 0.4) is 0 Å². The summed E-state index contributed by atoms with van der Waals surface area (Å²) in [7, 11) is 0. The largest absolute Gasteiger partial charge is 0.578 e. The smallest absolute Gasteiger partial charge is 0.369 e. The van der Waals surface area contributed by atoms with Crippen LogP contribution in [0.15, 0.2) is 29.3 Å². The molecule has 0 radical (unpaired) electrons. The summed E-state index contributed by atoms with van der Waals surface area (Å²) < 4.78 is 0. The second-order valence-electron chi connectivity index (χ2n) is 8.86. The number of aromatic nitrogens is 1. The number of piperidine rings is 1. The first kappa shape index (κ1) is 20.8. The molecule has 1 saturated carbocycles. The van der Waals surface area contributed by atoms with E-state index < -0.39 is 0 Å². The monoisotopic (exact) mass is 408 g/mol. The Morgan fingerprint density at radius 3 is 2.50 bits per heavy atom. The molecule has 1 saturated heterocycles. The number of fused-ring (bicyclic) bond motifs is 1. The molecule has 1 aromatic heterocycles. The SMILES string of the molecule is CC(=N)N=C([OH2+])c1cc2ccc(C)cc2nc1N1CCC(NC2CCCCC2)CC1. The molecule has 0 bridgehead atoms. The quantitative estimate of drug-likeness (QED) is 0.457. The van der Waals surface area contributed by atoms with Crippen molar-refractivity contribution in [2.45, 2.75) is 70.9 Å². The van der Waals surface area contributed by atoms with Crippen molar-refractivity contribution in [3.63, 3.8) is 0 Å². The number of nitrogens with zero attached hydrogens (tertiary/aromatic N) is 3. The third-order valence-electron chi connectivity index (χ3n) is 6.36. The summed E-state index contributed by atoms with van der Waals surface area (Å²) in [5, 5.41) is 21.0. The summed E-state index contributed by atoms with van der Waals surface area (Å²) in [6.07, 6.45) is 8.93. The van der Waals surface area contributed by atoms with E-state index in [1.807, 2.05) is 6.07 Å². The highest BCUT2D eigenvalue weighted by Gasteiger charge is 2.27. The van der Waals surface area contributed by atoms with E-state index in [0.29, 0.717) is 12.1 Å². The van der Waals surface area contributed by atoms with Gasteiger partial charge in [0.2, 0.25) is 0 Å². The zero-order valence-electron chi connectivity index (χ0n) is 18.2. The maximum Gasteiger partial charge on any atom is 0.369 e. The highest BCUT2D eigenvalue weighted by molar-refractivity contribution is 6.05. The predicted molar refractivity (Wildman–Crippen MR) is 125 cm³/mol. The topological polar surface area (TPSA) is 87.3 Å². The van der Waals surface area contributed by atoms with Gasteiger partial charge in [-0.1, -0.05) is 31.4 Å². The van der Waals surface area contributed by atoms with Gasteiger partial charge in [-0.05, 0) is 57.2 Å². The highest BCUT2D eigenvalue weighted by atomic mass is 16.3. The lowest BCUT2D eigenvalue weighted by atomic mass is 9.93. The first-order chi connectivity index (χ1) is 14.5. The molecule has 0 amide bonds. The van der Waals surface area contributed by atoms with Crippen LogP contribution < -0.4 is 10.2 Å². The predicted octanol–water partition coefficient (Wildman–Crippen LogP) is 3.90. The Hall–Kier alpha value is -2.47. The Bertz CT molecular complexity index is 940. The average Bonchev–Trinajstić information content (AvgIpc) is 2.73. The number of hydrogen-bond donors (Lipinski definition) is 2. The van der Waals surface area contributed by atoms with Crippen LogP contribution in [0.4, 0.5) is 5.82 Å². The zero-order valence-corrected chi connectivity index (χ0v) is 18.2. The number of amidine groups is 1. The summed E-state index contributed by atoms with van der Waals surface area (Å²) >= 11 is 0. The van der Waals surface area contributed by atoms with Crippen LogP contribution in [-0.4, -0.2) is 47.0 Å². The van der Waals surface area contributed by atoms with Gasteiger partial charge in [0, 0.05) is 30.6 Å². The van der Waals surface area contributed by atoms with Crippen molar-refractivity contribution in [2.75, 3.05) is 18.0 Å². The Kier molecular flexibility index (Phi) is 6.32. The van der Waals surface area contributed by atoms with Crippen molar-refractivity contribution in [1.29, 1.82) is 5.41 Å². The molecule has 1 aromatic carbocycles. The molecule has 2 heterocycles. The van der Waals surface area contributed by atoms with Gasteiger partial charge in [0.25, 0.3) is 0 Å². The first-order valence-electron chi connectivity index (χ1n) is 11.3. The van der Waals surface area contributed by atoms with Crippen LogP contribution in [-0.2, 0) is 0 Å². The molecule has 6 nitrogen and oxygen atoms in total. The van der Waals surface area contributed by atoms with E-state index in [0.717, 1.165) is 48.2 Å². The molecule has 1 aliphatic heterocycles. The fourth-order valence-corrected chi connectivity index (χ4v) is 4.77. The molecule has 0 spiro atoms. The van der Waals surface area contributed by atoms with E-state index in [4.69, 9.17) is 15.5 Å². The fourth-order valence-electron chi connectivity index (χ4n) is 4.77. The number of nitrogens with one attached hydrogen (secondary N) is 2. The molecule has 2 aromatic rings. The molecule has 30 heavy (non-hydrogen) atoms. The molecule has 0 atom stereocenters. The van der Waals surface area contributed by atoms with E-state index in [1.165, 1.54) is 37.7 Å². The second-order valence-corrected chi connectivity index (χ2v) is 8.86. The molecule has 4 rings (SSSR count). The fraction of sp³-hybridized carbons (Fsp3) is 0.542. The summed E-state index contributed by atoms with van der Waals surface area (Å²) in [4.78, 5) is 11.4. The van der Waals surface area contributed by atoms with Crippen molar-refractivity contribution in [3.05, 3.63) is 35.4 Å². The van der Waals surface area contributed by atoms with Crippen LogP contribution in [0.5, 0.6) is 0 Å². The number of hydrogen-bond acceptors (Lipinski definition) is 4. The minimum Gasteiger partial charge on any atom is -0.578 e. The van der Waals surface area contributed by atoms with Crippen molar-refractivity contribution in [3.8, 4) is 0 Å². The Balaban J connectivity index is 1.57. The number of rotatable bonds is 4. The summed E-state index contributed by atoms with van der Waals surface area (Å²) in [6.45, 7) is 5.54. The summed E-state index contributed by atoms with van der Waals surface area (Å²) in [6, 6.07) is 9.49. The summed E-state index contributed by atoms with van der Waals surface area (Å²) in [5.74, 6) is 1.10. The van der Waals surface area contributed by atoms with Gasteiger partial charge >= 0.3 is 5.90 Å². The molecular formula is C24H34N5O+. The van der Waals surface area contributed by atoms with Crippen LogP contribution in [0.25, 0.3) is 10.9 Å². The van der Waals surface area contributed by atoms with Gasteiger partial charge in [-0.15, -0.1) is 0 Å². The minimum absolute atomic E-state index is 0.120. The van der Waals surface area contributed by atoms with E-state index in [2.05, 4.69) is 40.3 Å². The van der Waals surface area contributed by atoms with E-state index in [1.54, 1.807) is 6.92 Å². The van der Waals surface area contributed by atoms with Gasteiger partial charge in [0.1, 0.15) is 17.2 Å². The molecule has 1 aliphatic carbocycles. The molecule has 4 N–H and O–H groups in total. The lowest BCUT2D eigenvalue weighted by Gasteiger charge is -2.36. The van der Waals surface area contributed by atoms with E-state index in [9.17, 15) is 0 Å². The standard InChI is InChI=1S/C24H33N5O/c1-16-8-9-18-15-21(24(30)26-17(2)25)23(28-22(18)14-16)29-12-10-20(11-13-29)27-19-6-4-3-5-7-19/h8-9,14-15,19-20,27H,3-7,10-13H2,1-2H3,(H2,25,26,30)/p+1. The van der Waals surface area contributed by atoms with Crippen molar-refractivity contribution in [1.82, 2.24) is 10.3 Å². The third kappa shape index (κ3) is 4.81. The molecule has 0 unspecified atom stereocenters. The van der Waals surface area contributed by atoms with Crippen molar-refractivity contribution in [2.24, 2.45) is 4.99 Å². The average molecular weight is 409 g/mol. The maximum absolute atomic E-state index is 8.46. The number of benzene rings is 1. The number of aryl methyl sites for hydroxylation is 1. The van der Waals surface area contributed by atoms with Crippen LogP contribution in [0, 0.1) is 12.3 Å². The first-order valence-corrected chi connectivity index (χ1v) is 11.3. The Labute approximate surface area is 178 Å². The number of aliphatic imine (C=N–C) groups is 1. The lowest BCUT2D eigenvalue weighted by Crippen LogP contribution is -2.47. The number of anilines is 1. The normalized spacial score (nSPS) is 19.4. The van der Waals surface area contributed by atoms with Crippen molar-refractivity contribution < 1.29 is 5.11 Å². The molecule has 2 aliphatic rings. The lowest BCUT2D eigenvalue weighted by molar-refractivity contribution is 0.307. The van der Waals surface area contributed by atoms with Crippen LogP contribution >= 0.6 is 0 Å². The van der Waals surface area contributed by atoms with E-state index in [-0.39, 0.29) is 11.7 Å². The van der Waals surface area contributed by atoms with Gasteiger partial charge in [0.15, 0.2) is 0 Å². The number of pyridine rings is 1. The second kappa shape index (κ2) is 9.13. The molecule has 160 valence electrons. The van der Waals surface area contributed by atoms with Crippen LogP contribution in [0.2, 0.25) is 0 Å². The van der Waals surface area contributed by atoms with Crippen molar-refractivity contribution >= 4 is 28.5 Å². The Morgan fingerprint density at radius 1 is 1.10 bits per heavy atom. The van der Waals surface area contributed by atoms with E-state index >= 15 is 0 Å². The molecule has 6 heteroatoms. The van der Waals surface area contributed by atoms with Gasteiger partial charge in [0.05, 0.1) is 5.52 Å². The molecule has 2 fully saturated rings. The van der Waals surface area contributed by atoms with Gasteiger partial charge in [-0.2, -0.15) is 4.99 Å². The highest BCUT2D eigenvalue weighted by Crippen LogP contribution is 2.28. The molecular weight excluding hydrogens is 374 g/mol. The van der Waals surface area contributed by atoms with Gasteiger partial charge in [-0.25, -0.2) is 4.98 Å². The zero-order chi connectivity index (χ0) is 21.1. The summed E-state index contributed by atoms with van der Waals surface area (Å²) in [5.41, 5.74) is 2.85. The minimum atomic E-state index is 0.120. The van der Waals surface area contributed by atoms with Crippen LogP contribution in [0.1, 0.15) is 63.0 Å². The van der Waals surface area contributed by atoms with Gasteiger partial charge < -0.3 is 15.3 Å². The third-order valence-corrected chi connectivity index (χ3v) is 6.36. The maximum atomic E-state index is 8.46. The van der Waals surface area contributed by atoms with Gasteiger partial charge in [-0.3, -0.25) is 5.41 Å².